The van der Waals surface area contributed by atoms with E-state index in [0.717, 1.165) is 32.2 Å². The summed E-state index contributed by atoms with van der Waals surface area (Å²) in [5, 5.41) is 0. The summed E-state index contributed by atoms with van der Waals surface area (Å²) in [6.07, 6.45) is 8.79. The van der Waals surface area contributed by atoms with Gasteiger partial charge in [-0.25, -0.2) is 0 Å². The smallest absolute Gasteiger partial charge is 0.0991 e. The molecule has 4 aliphatic rings. The molecule has 2 saturated heterocycles. The first-order valence-corrected chi connectivity index (χ1v) is 9.10. The van der Waals surface area contributed by atoms with Crippen LogP contribution in [0.25, 0.3) is 0 Å². The maximum atomic E-state index is 6.21. The maximum Gasteiger partial charge on any atom is 0.0991 e. The van der Waals surface area contributed by atoms with E-state index in [1.807, 2.05) is 0 Å². The standard InChI is InChI=1S/C17H30N2O2/c1-2-8-18(7-1)9-11-20-16-6-5-15-17(16)21-12-10-19(15)13-14-3-4-14/h14-17H,1-13H2/t15-,16+,17+/m0/s1. The maximum absolute atomic E-state index is 6.21. The van der Waals surface area contributed by atoms with Crippen molar-refractivity contribution in [3.63, 3.8) is 0 Å². The zero-order chi connectivity index (χ0) is 14.1. The second kappa shape index (κ2) is 6.53. The number of hydrogen-bond acceptors (Lipinski definition) is 4. The van der Waals surface area contributed by atoms with Crippen LogP contribution in [0.15, 0.2) is 0 Å². The summed E-state index contributed by atoms with van der Waals surface area (Å²) < 4.78 is 12.3. The average molecular weight is 294 g/mol. The number of hydrogen-bond donors (Lipinski definition) is 0. The Morgan fingerprint density at radius 3 is 2.67 bits per heavy atom. The van der Waals surface area contributed by atoms with Crippen LogP contribution in [0.1, 0.15) is 38.5 Å². The lowest BCUT2D eigenvalue weighted by Gasteiger charge is -2.39. The van der Waals surface area contributed by atoms with Crippen LogP contribution in [0.3, 0.4) is 0 Å². The molecule has 4 rings (SSSR count). The highest BCUT2D eigenvalue weighted by Crippen LogP contribution is 2.36. The van der Waals surface area contributed by atoms with Gasteiger partial charge in [0, 0.05) is 25.7 Å². The molecule has 21 heavy (non-hydrogen) atoms. The molecule has 0 unspecified atom stereocenters. The van der Waals surface area contributed by atoms with Crippen molar-refractivity contribution in [2.45, 2.75) is 56.8 Å². The van der Waals surface area contributed by atoms with Gasteiger partial charge in [-0.15, -0.1) is 0 Å². The van der Waals surface area contributed by atoms with Crippen molar-refractivity contribution in [2.24, 2.45) is 5.92 Å². The van der Waals surface area contributed by atoms with Gasteiger partial charge in [0.1, 0.15) is 0 Å². The molecule has 4 heteroatoms. The second-order valence-electron chi connectivity index (χ2n) is 7.38. The van der Waals surface area contributed by atoms with Crippen molar-refractivity contribution in [1.82, 2.24) is 9.80 Å². The number of nitrogens with zero attached hydrogens (tertiary/aromatic N) is 2. The van der Waals surface area contributed by atoms with Gasteiger partial charge in [-0.05, 0) is 57.5 Å². The fourth-order valence-corrected chi connectivity index (χ4v) is 4.37. The lowest BCUT2D eigenvalue weighted by Crippen LogP contribution is -2.52. The molecule has 120 valence electrons. The first-order valence-electron chi connectivity index (χ1n) is 9.10. The fraction of sp³-hybridized carbons (Fsp3) is 1.00. The van der Waals surface area contributed by atoms with Crippen molar-refractivity contribution >= 4 is 0 Å². The van der Waals surface area contributed by atoms with Gasteiger partial charge in [0.05, 0.1) is 25.4 Å². The number of morpholine rings is 1. The molecule has 0 aromatic carbocycles. The van der Waals surface area contributed by atoms with Crippen LogP contribution in [-0.4, -0.2) is 74.0 Å². The molecule has 0 radical (unpaired) electrons. The Morgan fingerprint density at radius 1 is 1.00 bits per heavy atom. The van der Waals surface area contributed by atoms with E-state index >= 15 is 0 Å². The largest absolute Gasteiger partial charge is 0.374 e. The van der Waals surface area contributed by atoms with Crippen molar-refractivity contribution in [3.8, 4) is 0 Å². The molecule has 0 N–H and O–H groups in total. The fourth-order valence-electron chi connectivity index (χ4n) is 4.37. The summed E-state index contributed by atoms with van der Waals surface area (Å²) in [4.78, 5) is 5.24. The zero-order valence-corrected chi connectivity index (χ0v) is 13.2. The van der Waals surface area contributed by atoms with E-state index in [2.05, 4.69) is 9.80 Å². The van der Waals surface area contributed by atoms with E-state index in [-0.39, 0.29) is 0 Å². The van der Waals surface area contributed by atoms with Crippen LogP contribution in [0.2, 0.25) is 0 Å². The third kappa shape index (κ3) is 3.44. The number of likely N-dealkylation sites (tertiary alicyclic amines) is 1. The lowest BCUT2D eigenvalue weighted by atomic mass is 10.1. The summed E-state index contributed by atoms with van der Waals surface area (Å²) in [7, 11) is 0. The van der Waals surface area contributed by atoms with Gasteiger partial charge in [0.25, 0.3) is 0 Å². The number of rotatable bonds is 6. The van der Waals surface area contributed by atoms with Crippen molar-refractivity contribution in [1.29, 1.82) is 0 Å². The third-order valence-corrected chi connectivity index (χ3v) is 5.78. The molecule has 2 aliphatic heterocycles. The van der Waals surface area contributed by atoms with Crippen molar-refractivity contribution < 1.29 is 9.47 Å². The summed E-state index contributed by atoms with van der Waals surface area (Å²) in [6, 6.07) is 0.635. The highest BCUT2D eigenvalue weighted by Gasteiger charge is 2.44. The molecule has 0 bridgehead atoms. The van der Waals surface area contributed by atoms with E-state index < -0.39 is 0 Å². The Hall–Kier alpha value is -0.160. The van der Waals surface area contributed by atoms with Gasteiger partial charge in [0.15, 0.2) is 0 Å². The van der Waals surface area contributed by atoms with Gasteiger partial charge >= 0.3 is 0 Å². The Kier molecular flexibility index (Phi) is 4.49. The van der Waals surface area contributed by atoms with Crippen LogP contribution < -0.4 is 0 Å². The van der Waals surface area contributed by atoms with Crippen molar-refractivity contribution in [3.05, 3.63) is 0 Å². The molecule has 4 nitrogen and oxygen atoms in total. The Morgan fingerprint density at radius 2 is 1.86 bits per heavy atom. The molecule has 2 saturated carbocycles. The number of ether oxygens (including phenoxy) is 2. The van der Waals surface area contributed by atoms with Crippen LogP contribution in [-0.2, 0) is 9.47 Å². The Bertz CT molecular complexity index is 342. The molecular weight excluding hydrogens is 264 g/mol. The predicted molar refractivity (Wildman–Crippen MR) is 82.5 cm³/mol. The molecule has 3 atom stereocenters. The normalized spacial score (nSPS) is 38.0. The van der Waals surface area contributed by atoms with Crippen LogP contribution >= 0.6 is 0 Å². The van der Waals surface area contributed by atoms with E-state index in [1.165, 1.54) is 58.2 Å². The van der Waals surface area contributed by atoms with Crippen LogP contribution in [0.5, 0.6) is 0 Å². The third-order valence-electron chi connectivity index (χ3n) is 5.78. The summed E-state index contributed by atoms with van der Waals surface area (Å²) in [5.41, 5.74) is 0. The molecule has 0 spiro atoms. The van der Waals surface area contributed by atoms with Gasteiger partial charge in [-0.3, -0.25) is 4.90 Å². The molecule has 4 fully saturated rings. The van der Waals surface area contributed by atoms with Gasteiger partial charge in [-0.1, -0.05) is 0 Å². The van der Waals surface area contributed by atoms with Gasteiger partial charge in [-0.2, -0.15) is 0 Å². The van der Waals surface area contributed by atoms with Crippen molar-refractivity contribution in [2.75, 3.05) is 45.9 Å². The Labute approximate surface area is 128 Å². The minimum atomic E-state index is 0.344. The van der Waals surface area contributed by atoms with Crippen LogP contribution in [0, 0.1) is 5.92 Å². The minimum absolute atomic E-state index is 0.344. The number of fused-ring (bicyclic) bond motifs is 1. The molecule has 0 aromatic heterocycles. The molecule has 0 amide bonds. The van der Waals surface area contributed by atoms with E-state index in [0.29, 0.717) is 18.2 Å². The van der Waals surface area contributed by atoms with Gasteiger partial charge < -0.3 is 14.4 Å². The molecule has 0 aromatic rings. The summed E-state index contributed by atoms with van der Waals surface area (Å²) >= 11 is 0. The predicted octanol–water partition coefficient (Wildman–Crippen LogP) is 1.74. The molecule has 2 heterocycles. The lowest BCUT2D eigenvalue weighted by molar-refractivity contribution is -0.115. The summed E-state index contributed by atoms with van der Waals surface area (Å²) in [6.45, 7) is 7.89. The second-order valence-corrected chi connectivity index (χ2v) is 7.38. The highest BCUT2D eigenvalue weighted by atomic mass is 16.5. The monoisotopic (exact) mass is 294 g/mol. The van der Waals surface area contributed by atoms with Crippen LogP contribution in [0.4, 0.5) is 0 Å². The average Bonchev–Trinajstić information content (AvgIpc) is 3.01. The quantitative estimate of drug-likeness (QED) is 0.745. The first kappa shape index (κ1) is 14.4. The highest BCUT2D eigenvalue weighted by molar-refractivity contribution is 4.97. The Balaban J connectivity index is 1.24. The molecule has 2 aliphatic carbocycles. The zero-order valence-electron chi connectivity index (χ0n) is 13.2. The molecular formula is C17H30N2O2. The van der Waals surface area contributed by atoms with Gasteiger partial charge in [0.2, 0.25) is 0 Å². The van der Waals surface area contributed by atoms with E-state index in [4.69, 9.17) is 9.47 Å². The summed E-state index contributed by atoms with van der Waals surface area (Å²) in [5.74, 6) is 0.985. The van der Waals surface area contributed by atoms with E-state index in [1.54, 1.807) is 0 Å². The minimum Gasteiger partial charge on any atom is -0.374 e. The van der Waals surface area contributed by atoms with E-state index in [9.17, 15) is 0 Å². The SMILES string of the molecule is C1CCN(CCO[C@@H]2CC[C@H]3[C@H]2OCCN3CC2CC2)C1. The topological polar surface area (TPSA) is 24.9 Å². The first-order chi connectivity index (χ1) is 10.4.